The van der Waals surface area contributed by atoms with Crippen LogP contribution in [0.25, 0.3) is 10.1 Å². The van der Waals surface area contributed by atoms with Crippen molar-refractivity contribution in [2.45, 2.75) is 18.8 Å². The van der Waals surface area contributed by atoms with E-state index >= 15 is 0 Å². The van der Waals surface area contributed by atoms with Crippen molar-refractivity contribution < 1.29 is 0 Å². The SMILES string of the molecule is c1cc2cc(C3CCNCC3)sc2cn1. The number of hydrogen-bond acceptors (Lipinski definition) is 3. The minimum atomic E-state index is 0.767. The summed E-state index contributed by atoms with van der Waals surface area (Å²) in [5, 5.41) is 4.76. The smallest absolute Gasteiger partial charge is 0.0529 e. The van der Waals surface area contributed by atoms with Gasteiger partial charge in [0.05, 0.1) is 4.70 Å². The molecule has 1 aliphatic heterocycles. The van der Waals surface area contributed by atoms with Crippen LogP contribution in [0.4, 0.5) is 0 Å². The monoisotopic (exact) mass is 218 g/mol. The van der Waals surface area contributed by atoms with Crippen molar-refractivity contribution in [3.05, 3.63) is 29.4 Å². The Hall–Kier alpha value is -0.930. The van der Waals surface area contributed by atoms with Crippen molar-refractivity contribution in [3.8, 4) is 0 Å². The summed E-state index contributed by atoms with van der Waals surface area (Å²) in [7, 11) is 0. The molecule has 3 heteroatoms. The van der Waals surface area contributed by atoms with Crippen LogP contribution in [0.15, 0.2) is 24.5 Å². The van der Waals surface area contributed by atoms with Crippen molar-refractivity contribution in [1.82, 2.24) is 10.3 Å². The van der Waals surface area contributed by atoms with E-state index in [2.05, 4.69) is 22.4 Å². The number of thiophene rings is 1. The number of pyridine rings is 1. The van der Waals surface area contributed by atoms with Crippen LogP contribution in [-0.2, 0) is 0 Å². The zero-order valence-electron chi connectivity index (χ0n) is 8.57. The predicted molar refractivity (Wildman–Crippen MR) is 64.5 cm³/mol. The highest BCUT2D eigenvalue weighted by Crippen LogP contribution is 2.34. The molecule has 2 aromatic heterocycles. The Bertz CT molecular complexity index is 424. The molecule has 0 amide bonds. The fraction of sp³-hybridized carbons (Fsp3) is 0.417. The lowest BCUT2D eigenvalue weighted by Gasteiger charge is -2.21. The highest BCUT2D eigenvalue weighted by Gasteiger charge is 2.17. The lowest BCUT2D eigenvalue weighted by molar-refractivity contribution is 0.465. The van der Waals surface area contributed by atoms with Crippen LogP contribution in [0.5, 0.6) is 0 Å². The fourth-order valence-electron chi connectivity index (χ4n) is 2.21. The number of fused-ring (bicyclic) bond motifs is 1. The molecular formula is C12H14N2S. The quantitative estimate of drug-likeness (QED) is 0.796. The van der Waals surface area contributed by atoms with E-state index < -0.39 is 0 Å². The van der Waals surface area contributed by atoms with Crippen LogP contribution in [-0.4, -0.2) is 18.1 Å². The van der Waals surface area contributed by atoms with E-state index in [-0.39, 0.29) is 0 Å². The average molecular weight is 218 g/mol. The largest absolute Gasteiger partial charge is 0.317 e. The van der Waals surface area contributed by atoms with E-state index in [0.29, 0.717) is 0 Å². The second-order valence-electron chi connectivity index (χ2n) is 4.09. The zero-order chi connectivity index (χ0) is 10.1. The van der Waals surface area contributed by atoms with Crippen molar-refractivity contribution >= 4 is 21.4 Å². The number of nitrogens with one attached hydrogen (secondary N) is 1. The highest BCUT2D eigenvalue weighted by molar-refractivity contribution is 7.19. The fourth-order valence-corrected chi connectivity index (χ4v) is 3.41. The Balaban J connectivity index is 1.96. The standard InChI is InChI=1S/C12H14N2S/c1-4-13-5-2-9(1)11-7-10-3-6-14-8-12(10)15-11/h3,6-9,13H,1-2,4-5H2. The summed E-state index contributed by atoms with van der Waals surface area (Å²) >= 11 is 1.91. The molecule has 3 rings (SSSR count). The van der Waals surface area contributed by atoms with Gasteiger partial charge >= 0.3 is 0 Å². The van der Waals surface area contributed by atoms with Crippen LogP contribution in [0, 0.1) is 0 Å². The van der Waals surface area contributed by atoms with Crippen LogP contribution < -0.4 is 5.32 Å². The first kappa shape index (κ1) is 9.31. The molecule has 0 atom stereocenters. The van der Waals surface area contributed by atoms with Crippen molar-refractivity contribution in [1.29, 1.82) is 0 Å². The number of piperidine rings is 1. The maximum Gasteiger partial charge on any atom is 0.0529 e. The van der Waals surface area contributed by atoms with Crippen LogP contribution in [0.3, 0.4) is 0 Å². The summed E-state index contributed by atoms with van der Waals surface area (Å²) in [6.45, 7) is 2.33. The van der Waals surface area contributed by atoms with Gasteiger partial charge in [-0.25, -0.2) is 0 Å². The number of aromatic nitrogens is 1. The third-order valence-electron chi connectivity index (χ3n) is 3.08. The van der Waals surface area contributed by atoms with E-state index in [1.165, 1.54) is 22.9 Å². The number of rotatable bonds is 1. The molecule has 0 spiro atoms. The van der Waals surface area contributed by atoms with Crippen LogP contribution in [0.2, 0.25) is 0 Å². The summed E-state index contributed by atoms with van der Waals surface area (Å²) in [4.78, 5) is 5.71. The molecule has 0 bridgehead atoms. The number of hydrogen-bond donors (Lipinski definition) is 1. The van der Waals surface area contributed by atoms with Gasteiger partial charge in [-0.15, -0.1) is 11.3 Å². The maximum atomic E-state index is 4.17. The minimum absolute atomic E-state index is 0.767. The summed E-state index contributed by atoms with van der Waals surface area (Å²) in [5.74, 6) is 0.767. The van der Waals surface area contributed by atoms with Gasteiger partial charge in [0.2, 0.25) is 0 Å². The van der Waals surface area contributed by atoms with Gasteiger partial charge in [0.1, 0.15) is 0 Å². The normalized spacial score (nSPS) is 18.4. The van der Waals surface area contributed by atoms with Gasteiger partial charge < -0.3 is 5.32 Å². The third-order valence-corrected chi connectivity index (χ3v) is 4.33. The lowest BCUT2D eigenvalue weighted by atomic mass is 9.96. The Morgan fingerprint density at radius 3 is 3.00 bits per heavy atom. The molecule has 1 saturated heterocycles. The Morgan fingerprint density at radius 2 is 2.20 bits per heavy atom. The Kier molecular flexibility index (Phi) is 2.43. The molecule has 0 aliphatic carbocycles. The molecule has 1 N–H and O–H groups in total. The molecular weight excluding hydrogens is 204 g/mol. The van der Waals surface area contributed by atoms with Crippen molar-refractivity contribution in [3.63, 3.8) is 0 Å². The van der Waals surface area contributed by atoms with E-state index in [0.717, 1.165) is 19.0 Å². The topological polar surface area (TPSA) is 24.9 Å². The average Bonchev–Trinajstić information content (AvgIpc) is 2.74. The third kappa shape index (κ3) is 1.77. The first-order valence-corrected chi connectivity index (χ1v) is 6.29. The molecule has 0 unspecified atom stereocenters. The zero-order valence-corrected chi connectivity index (χ0v) is 9.39. The maximum absolute atomic E-state index is 4.17. The van der Waals surface area contributed by atoms with E-state index in [9.17, 15) is 0 Å². The van der Waals surface area contributed by atoms with Gasteiger partial charge in [-0.1, -0.05) is 0 Å². The molecule has 2 nitrogen and oxygen atoms in total. The number of nitrogens with zero attached hydrogens (tertiary/aromatic N) is 1. The minimum Gasteiger partial charge on any atom is -0.317 e. The Labute approximate surface area is 93.3 Å². The van der Waals surface area contributed by atoms with E-state index in [1.54, 1.807) is 4.88 Å². The van der Waals surface area contributed by atoms with E-state index in [1.807, 2.05) is 23.7 Å². The second kappa shape index (κ2) is 3.91. The molecule has 2 aromatic rings. The van der Waals surface area contributed by atoms with Gasteiger partial charge in [-0.2, -0.15) is 0 Å². The molecule has 0 saturated carbocycles. The van der Waals surface area contributed by atoms with Gasteiger partial charge in [0.25, 0.3) is 0 Å². The van der Waals surface area contributed by atoms with Crippen LogP contribution >= 0.6 is 11.3 Å². The highest BCUT2D eigenvalue weighted by atomic mass is 32.1. The first-order chi connectivity index (χ1) is 7.43. The van der Waals surface area contributed by atoms with E-state index in [4.69, 9.17) is 0 Å². The van der Waals surface area contributed by atoms with Crippen molar-refractivity contribution in [2.75, 3.05) is 13.1 Å². The lowest BCUT2D eigenvalue weighted by Crippen LogP contribution is -2.26. The molecule has 1 aliphatic rings. The second-order valence-corrected chi connectivity index (χ2v) is 5.20. The van der Waals surface area contributed by atoms with Crippen LogP contribution in [0.1, 0.15) is 23.6 Å². The molecule has 15 heavy (non-hydrogen) atoms. The van der Waals surface area contributed by atoms with Gasteiger partial charge in [0.15, 0.2) is 0 Å². The Morgan fingerprint density at radius 1 is 1.33 bits per heavy atom. The van der Waals surface area contributed by atoms with Gasteiger partial charge in [-0.05, 0) is 49.4 Å². The molecule has 0 radical (unpaired) electrons. The molecule has 78 valence electrons. The molecule has 0 aromatic carbocycles. The van der Waals surface area contributed by atoms with Gasteiger partial charge in [0, 0.05) is 17.3 Å². The molecule has 1 fully saturated rings. The van der Waals surface area contributed by atoms with Gasteiger partial charge in [-0.3, -0.25) is 4.98 Å². The summed E-state index contributed by atoms with van der Waals surface area (Å²) < 4.78 is 1.33. The first-order valence-electron chi connectivity index (χ1n) is 5.47. The summed E-state index contributed by atoms with van der Waals surface area (Å²) in [5.41, 5.74) is 0. The predicted octanol–water partition coefficient (Wildman–Crippen LogP) is 2.76. The molecule has 3 heterocycles. The van der Waals surface area contributed by atoms with Crippen molar-refractivity contribution in [2.24, 2.45) is 0 Å². The summed E-state index contributed by atoms with van der Waals surface area (Å²) in [6.07, 6.45) is 6.41. The summed E-state index contributed by atoms with van der Waals surface area (Å²) in [6, 6.07) is 4.45.